The van der Waals surface area contributed by atoms with Gasteiger partial charge in [-0.25, -0.2) is 22.2 Å². The topological polar surface area (TPSA) is 73.1 Å². The van der Waals surface area contributed by atoms with E-state index < -0.39 is 50.0 Å². The third-order valence-electron chi connectivity index (χ3n) is 2.02. The van der Waals surface area contributed by atoms with Crippen LogP contribution in [-0.2, 0) is 21.8 Å². The second-order valence-electron chi connectivity index (χ2n) is 3.32. The predicted molar refractivity (Wildman–Crippen MR) is 55.1 cm³/mol. The zero-order valence-electron chi connectivity index (χ0n) is 8.88. The maximum Gasteiger partial charge on any atom is 0.417 e. The van der Waals surface area contributed by atoms with E-state index in [1.54, 1.807) is 0 Å². The highest BCUT2D eigenvalue weighted by molar-refractivity contribution is 8.13. The van der Waals surface area contributed by atoms with Crippen molar-refractivity contribution in [1.29, 1.82) is 0 Å². The van der Waals surface area contributed by atoms with Crippen molar-refractivity contribution in [2.75, 3.05) is 0 Å². The van der Waals surface area contributed by atoms with Gasteiger partial charge in [-0.15, -0.1) is 0 Å². The highest BCUT2D eigenvalue weighted by atomic mass is 35.7. The van der Waals surface area contributed by atoms with Gasteiger partial charge < -0.3 is 5.73 Å². The van der Waals surface area contributed by atoms with Gasteiger partial charge in [-0.3, -0.25) is 0 Å². The lowest BCUT2D eigenvalue weighted by atomic mass is 10.1. The number of alkyl halides is 5. The van der Waals surface area contributed by atoms with Crippen LogP contribution in [-0.4, -0.2) is 13.4 Å². The first-order valence-corrected chi connectivity index (χ1v) is 6.83. The van der Waals surface area contributed by atoms with Gasteiger partial charge in [-0.1, -0.05) is 0 Å². The van der Waals surface area contributed by atoms with E-state index in [2.05, 4.69) is 4.98 Å². The summed E-state index contributed by atoms with van der Waals surface area (Å²) in [5.74, 6) is 0. The summed E-state index contributed by atoms with van der Waals surface area (Å²) in [6.07, 6.45) is -8.73. The normalized spacial score (nSPS) is 13.1. The summed E-state index contributed by atoms with van der Waals surface area (Å²) in [5, 5.41) is 0. The van der Waals surface area contributed by atoms with Crippen molar-refractivity contribution in [2.45, 2.75) is 24.0 Å². The molecule has 1 aromatic heterocycles. The molecule has 4 nitrogen and oxygen atoms in total. The lowest BCUT2D eigenvalue weighted by Gasteiger charge is -2.15. The predicted octanol–water partition coefficient (Wildman–Crippen LogP) is 2.42. The highest BCUT2D eigenvalue weighted by Crippen LogP contribution is 2.39. The molecule has 0 atom stereocenters. The Labute approximate surface area is 108 Å². The molecule has 1 aromatic rings. The van der Waals surface area contributed by atoms with Gasteiger partial charge in [-0.05, 0) is 6.07 Å². The molecule has 0 aromatic carbocycles. The van der Waals surface area contributed by atoms with Crippen LogP contribution in [0.4, 0.5) is 22.0 Å². The fourth-order valence-corrected chi connectivity index (χ4v) is 2.64. The fourth-order valence-electron chi connectivity index (χ4n) is 1.33. The summed E-state index contributed by atoms with van der Waals surface area (Å²) >= 11 is 0. The third kappa shape index (κ3) is 3.51. The SMILES string of the molecule is NCc1cc(C(F)(F)F)c(S(=O)(=O)Cl)c(C(F)F)n1. The maximum absolute atomic E-state index is 12.7. The van der Waals surface area contributed by atoms with E-state index in [-0.39, 0.29) is 6.07 Å². The molecule has 0 radical (unpaired) electrons. The molecule has 11 heteroatoms. The van der Waals surface area contributed by atoms with Crippen molar-refractivity contribution in [2.24, 2.45) is 5.73 Å². The molecule has 0 unspecified atom stereocenters. The number of aromatic nitrogens is 1. The van der Waals surface area contributed by atoms with Crippen molar-refractivity contribution < 1.29 is 30.4 Å². The zero-order chi connectivity index (χ0) is 15.0. The number of nitrogens with zero attached hydrogens (tertiary/aromatic N) is 1. The Morgan fingerprint density at radius 2 is 1.89 bits per heavy atom. The van der Waals surface area contributed by atoms with Crippen LogP contribution in [0, 0.1) is 0 Å². The van der Waals surface area contributed by atoms with Crippen LogP contribution in [0.3, 0.4) is 0 Å². The summed E-state index contributed by atoms with van der Waals surface area (Å²) in [5.41, 5.74) is 1.14. The molecule has 108 valence electrons. The molecular weight excluding hydrogens is 319 g/mol. The third-order valence-corrected chi connectivity index (χ3v) is 3.40. The van der Waals surface area contributed by atoms with Crippen molar-refractivity contribution in [3.05, 3.63) is 23.0 Å². The minimum atomic E-state index is -5.19. The highest BCUT2D eigenvalue weighted by Gasteiger charge is 2.41. The molecule has 1 heterocycles. The first-order chi connectivity index (χ1) is 8.48. The minimum Gasteiger partial charge on any atom is -0.325 e. The van der Waals surface area contributed by atoms with Crippen LogP contribution in [0.25, 0.3) is 0 Å². The first kappa shape index (κ1) is 16.1. The van der Waals surface area contributed by atoms with E-state index in [1.165, 1.54) is 0 Å². The van der Waals surface area contributed by atoms with Crippen molar-refractivity contribution >= 4 is 19.7 Å². The van der Waals surface area contributed by atoms with Gasteiger partial charge in [-0.2, -0.15) is 13.2 Å². The van der Waals surface area contributed by atoms with E-state index in [1.807, 2.05) is 0 Å². The Morgan fingerprint density at radius 1 is 1.37 bits per heavy atom. The number of hydrogen-bond acceptors (Lipinski definition) is 4. The molecule has 0 aliphatic rings. The van der Waals surface area contributed by atoms with Gasteiger partial charge in [0.2, 0.25) is 0 Å². The van der Waals surface area contributed by atoms with E-state index in [9.17, 15) is 30.4 Å². The van der Waals surface area contributed by atoms with Crippen molar-refractivity contribution in [3.63, 3.8) is 0 Å². The summed E-state index contributed by atoms with van der Waals surface area (Å²) in [6, 6.07) is 0.279. The van der Waals surface area contributed by atoms with Crippen LogP contribution >= 0.6 is 10.7 Å². The smallest absolute Gasteiger partial charge is 0.325 e. The summed E-state index contributed by atoms with van der Waals surface area (Å²) in [6.45, 7) is -0.564. The lowest BCUT2D eigenvalue weighted by Crippen LogP contribution is -2.17. The molecule has 0 aliphatic heterocycles. The summed E-state index contributed by atoms with van der Waals surface area (Å²) < 4.78 is 85.6. The zero-order valence-corrected chi connectivity index (χ0v) is 10.5. The quantitative estimate of drug-likeness (QED) is 0.684. The van der Waals surface area contributed by atoms with Crippen LogP contribution in [0.2, 0.25) is 0 Å². The van der Waals surface area contributed by atoms with Crippen molar-refractivity contribution in [1.82, 2.24) is 4.98 Å². The Balaban J connectivity index is 3.83. The average Bonchev–Trinajstić information content (AvgIpc) is 2.24. The van der Waals surface area contributed by atoms with Crippen molar-refractivity contribution in [3.8, 4) is 0 Å². The molecule has 19 heavy (non-hydrogen) atoms. The molecule has 2 N–H and O–H groups in total. The van der Waals surface area contributed by atoms with Gasteiger partial charge in [0.1, 0.15) is 10.6 Å². The summed E-state index contributed by atoms with van der Waals surface area (Å²) in [7, 11) is -0.266. The number of nitrogens with two attached hydrogens (primary N) is 1. The van der Waals surface area contributed by atoms with Crippen LogP contribution < -0.4 is 5.73 Å². The Morgan fingerprint density at radius 3 is 2.21 bits per heavy atom. The second kappa shape index (κ2) is 5.17. The fraction of sp³-hybridized carbons (Fsp3) is 0.375. The van der Waals surface area contributed by atoms with E-state index in [0.717, 1.165) is 0 Å². The lowest BCUT2D eigenvalue weighted by molar-refractivity contribution is -0.140. The Bertz CT molecular complexity index is 588. The van der Waals surface area contributed by atoms with Gasteiger partial charge in [0.25, 0.3) is 15.5 Å². The molecule has 0 aliphatic carbocycles. The number of hydrogen-bond donors (Lipinski definition) is 1. The second-order valence-corrected chi connectivity index (χ2v) is 5.82. The standard InChI is InChI=1S/C8H6ClF5N2O2S/c9-19(17,18)6-4(8(12,13)14)1-3(2-15)16-5(6)7(10)11/h1,7H,2,15H2. The van der Waals surface area contributed by atoms with Crippen LogP contribution in [0.5, 0.6) is 0 Å². The number of halogens is 6. The van der Waals surface area contributed by atoms with Gasteiger partial charge >= 0.3 is 6.18 Å². The van der Waals surface area contributed by atoms with Gasteiger partial charge in [0.15, 0.2) is 0 Å². The molecule has 0 bridgehead atoms. The minimum absolute atomic E-state index is 0.279. The Kier molecular flexibility index (Phi) is 4.37. The molecule has 0 saturated carbocycles. The first-order valence-electron chi connectivity index (χ1n) is 4.52. The monoisotopic (exact) mass is 324 g/mol. The van der Waals surface area contributed by atoms with Crippen LogP contribution in [0.15, 0.2) is 11.0 Å². The van der Waals surface area contributed by atoms with E-state index >= 15 is 0 Å². The van der Waals surface area contributed by atoms with Crippen LogP contribution in [0.1, 0.15) is 23.4 Å². The molecule has 0 fully saturated rings. The summed E-state index contributed by atoms with van der Waals surface area (Å²) in [4.78, 5) is 1.35. The molecule has 0 saturated heterocycles. The molecule has 1 rings (SSSR count). The average molecular weight is 325 g/mol. The molecule has 0 spiro atoms. The largest absolute Gasteiger partial charge is 0.417 e. The van der Waals surface area contributed by atoms with E-state index in [4.69, 9.17) is 16.4 Å². The van der Waals surface area contributed by atoms with Gasteiger partial charge in [0.05, 0.1) is 11.3 Å². The maximum atomic E-state index is 12.7. The number of pyridine rings is 1. The Hall–Kier alpha value is -1.00. The molecular formula is C8H6ClF5N2O2S. The van der Waals surface area contributed by atoms with E-state index in [0.29, 0.717) is 0 Å². The van der Waals surface area contributed by atoms with Gasteiger partial charge in [0, 0.05) is 17.2 Å². The molecule has 0 amide bonds. The number of rotatable bonds is 3.